The topological polar surface area (TPSA) is 63.6 Å². The summed E-state index contributed by atoms with van der Waals surface area (Å²) in [4.78, 5) is -0.133. The molecule has 170 valence electrons. The largest absolute Gasteiger partial charge is 0.472 e. The Balaban J connectivity index is 1.57. The van der Waals surface area contributed by atoms with Crippen molar-refractivity contribution in [1.82, 2.24) is 0 Å². The van der Waals surface area contributed by atoms with Crippen LogP contribution in [0.25, 0.3) is 10.8 Å². The first-order valence-electron chi connectivity index (χ1n) is 11.5. The number of rotatable bonds is 3. The average Bonchev–Trinajstić information content (AvgIpc) is 2.88. The first-order valence-corrected chi connectivity index (χ1v) is 12.9. The van der Waals surface area contributed by atoms with Gasteiger partial charge in [-0.2, -0.15) is 8.42 Å². The average molecular weight is 477 g/mol. The van der Waals surface area contributed by atoms with E-state index in [4.69, 9.17) is 4.74 Å². The SMILES string of the molecule is O=S(=O)(O)c1ccc(OC23c4ccccc4C(c4ccccc42)c2ccccc23)c2ccccc12. The number of hydrogen-bond donors (Lipinski definition) is 1. The molecule has 0 radical (unpaired) electrons. The van der Waals surface area contributed by atoms with Crippen LogP contribution >= 0.6 is 0 Å². The fraction of sp³-hybridized carbons (Fsp3) is 0.0667. The Bertz CT molecular complexity index is 1660. The molecule has 0 fully saturated rings. The molecule has 0 atom stereocenters. The number of hydrogen-bond acceptors (Lipinski definition) is 3. The van der Waals surface area contributed by atoms with Gasteiger partial charge < -0.3 is 4.74 Å². The highest BCUT2D eigenvalue weighted by Crippen LogP contribution is 2.59. The second-order valence-electron chi connectivity index (χ2n) is 9.06. The summed E-state index contributed by atoms with van der Waals surface area (Å²) in [5, 5.41) is 1.04. The summed E-state index contributed by atoms with van der Waals surface area (Å²) in [5.74, 6) is 0.676. The summed E-state index contributed by atoms with van der Waals surface area (Å²) in [6.07, 6.45) is 0. The molecule has 0 aliphatic heterocycles. The van der Waals surface area contributed by atoms with E-state index in [0.717, 1.165) is 16.7 Å². The molecule has 5 heteroatoms. The van der Waals surface area contributed by atoms with E-state index in [9.17, 15) is 13.0 Å². The normalized spacial score (nSPS) is 19.6. The van der Waals surface area contributed by atoms with Crippen LogP contribution in [0.3, 0.4) is 0 Å². The molecule has 5 aromatic carbocycles. The third-order valence-electron chi connectivity index (χ3n) is 7.34. The maximum atomic E-state index is 12.1. The highest BCUT2D eigenvalue weighted by molar-refractivity contribution is 7.86. The molecule has 5 aromatic rings. The Hall–Kier alpha value is -3.93. The lowest BCUT2D eigenvalue weighted by Crippen LogP contribution is -2.46. The molecule has 0 aromatic heterocycles. The lowest BCUT2D eigenvalue weighted by atomic mass is 9.58. The quantitative estimate of drug-likeness (QED) is 0.312. The minimum Gasteiger partial charge on any atom is -0.472 e. The Kier molecular flexibility index (Phi) is 4.11. The Morgan fingerprint density at radius 3 is 1.57 bits per heavy atom. The summed E-state index contributed by atoms with van der Waals surface area (Å²) >= 11 is 0. The predicted octanol–water partition coefficient (Wildman–Crippen LogP) is 6.26. The van der Waals surface area contributed by atoms with Gasteiger partial charge in [0.05, 0.1) is 0 Å². The fourth-order valence-electron chi connectivity index (χ4n) is 6.03. The number of benzene rings is 5. The molecule has 3 aliphatic carbocycles. The van der Waals surface area contributed by atoms with Crippen molar-refractivity contribution in [3.63, 3.8) is 0 Å². The second kappa shape index (κ2) is 7.04. The predicted molar refractivity (Wildman–Crippen MR) is 135 cm³/mol. The standard InChI is InChI=1S/C30H20O4S/c31-35(32,33)28-18-17-27(19-9-1-2-10-20(19)28)34-30-24-14-6-3-11-21(24)29(22-12-4-7-15-25(22)30)23-13-5-8-16-26(23)30/h1-18,29H,(H,31,32,33). The van der Waals surface area contributed by atoms with Crippen LogP contribution in [0.1, 0.15) is 39.3 Å². The minimum absolute atomic E-state index is 0.128. The first kappa shape index (κ1) is 20.4. The minimum atomic E-state index is -4.39. The molecule has 1 N–H and O–H groups in total. The highest BCUT2D eigenvalue weighted by atomic mass is 32.2. The summed E-state index contributed by atoms with van der Waals surface area (Å²) in [5.41, 5.74) is 6.00. The molecule has 3 aliphatic rings. The van der Waals surface area contributed by atoms with Crippen LogP contribution in [0.4, 0.5) is 0 Å². The van der Waals surface area contributed by atoms with Crippen LogP contribution in [0.5, 0.6) is 5.75 Å². The van der Waals surface area contributed by atoms with Crippen molar-refractivity contribution >= 4 is 20.9 Å². The van der Waals surface area contributed by atoms with Crippen LogP contribution in [0.15, 0.2) is 114 Å². The van der Waals surface area contributed by atoms with Gasteiger partial charge in [0.15, 0.2) is 5.60 Å². The van der Waals surface area contributed by atoms with E-state index < -0.39 is 15.7 Å². The van der Waals surface area contributed by atoms with Gasteiger partial charge in [-0.3, -0.25) is 4.55 Å². The third kappa shape index (κ3) is 2.68. The first-order chi connectivity index (χ1) is 17.0. The lowest BCUT2D eigenvalue weighted by molar-refractivity contribution is 0.144. The molecule has 0 unspecified atom stereocenters. The molecule has 0 saturated heterocycles. The number of ether oxygens (including phenoxy) is 1. The maximum Gasteiger partial charge on any atom is 0.295 e. The van der Waals surface area contributed by atoms with Crippen LogP contribution in [0, 0.1) is 0 Å². The molecular weight excluding hydrogens is 456 g/mol. The van der Waals surface area contributed by atoms with Crippen LogP contribution < -0.4 is 4.74 Å². The van der Waals surface area contributed by atoms with Crippen molar-refractivity contribution in [1.29, 1.82) is 0 Å². The molecule has 2 bridgehead atoms. The molecule has 0 heterocycles. The van der Waals surface area contributed by atoms with Crippen LogP contribution in [-0.2, 0) is 15.7 Å². The highest BCUT2D eigenvalue weighted by Gasteiger charge is 2.53. The van der Waals surface area contributed by atoms with Crippen molar-refractivity contribution in [2.75, 3.05) is 0 Å². The second-order valence-corrected chi connectivity index (χ2v) is 10.5. The fourth-order valence-corrected chi connectivity index (χ4v) is 6.73. The Morgan fingerprint density at radius 2 is 1.06 bits per heavy atom. The Morgan fingerprint density at radius 1 is 0.600 bits per heavy atom. The smallest absolute Gasteiger partial charge is 0.295 e. The van der Waals surface area contributed by atoms with Crippen molar-refractivity contribution in [2.45, 2.75) is 16.4 Å². The van der Waals surface area contributed by atoms with Gasteiger partial charge in [-0.25, -0.2) is 0 Å². The molecule has 8 rings (SSSR count). The molecule has 4 nitrogen and oxygen atoms in total. The summed E-state index contributed by atoms with van der Waals surface area (Å²) in [7, 11) is -4.39. The monoisotopic (exact) mass is 476 g/mol. The molecular formula is C30H20O4S. The molecule has 0 saturated carbocycles. The van der Waals surface area contributed by atoms with Crippen molar-refractivity contribution < 1.29 is 17.7 Å². The van der Waals surface area contributed by atoms with Gasteiger partial charge >= 0.3 is 0 Å². The van der Waals surface area contributed by atoms with E-state index in [1.807, 2.05) is 30.3 Å². The van der Waals surface area contributed by atoms with Crippen LogP contribution in [0.2, 0.25) is 0 Å². The van der Waals surface area contributed by atoms with Gasteiger partial charge in [-0.15, -0.1) is 0 Å². The third-order valence-corrected chi connectivity index (χ3v) is 8.25. The zero-order chi connectivity index (χ0) is 23.8. The van der Waals surface area contributed by atoms with Crippen LogP contribution in [-0.4, -0.2) is 13.0 Å². The maximum absolute atomic E-state index is 12.1. The molecule has 35 heavy (non-hydrogen) atoms. The Labute approximate surface area is 203 Å². The van der Waals surface area contributed by atoms with E-state index >= 15 is 0 Å². The summed E-state index contributed by atoms with van der Waals surface area (Å²) < 4.78 is 41.1. The van der Waals surface area contributed by atoms with Gasteiger partial charge in [0, 0.05) is 33.4 Å². The number of fused-ring (bicyclic) bond motifs is 1. The molecule has 0 spiro atoms. The van der Waals surface area contributed by atoms with Crippen molar-refractivity contribution in [3.8, 4) is 5.75 Å². The molecule has 0 amide bonds. The van der Waals surface area contributed by atoms with E-state index in [2.05, 4.69) is 54.6 Å². The van der Waals surface area contributed by atoms with Gasteiger partial charge in [0.25, 0.3) is 10.1 Å². The van der Waals surface area contributed by atoms with Gasteiger partial charge in [-0.1, -0.05) is 97.1 Å². The van der Waals surface area contributed by atoms with Gasteiger partial charge in [-0.05, 0) is 28.8 Å². The van der Waals surface area contributed by atoms with E-state index in [1.165, 1.54) is 22.8 Å². The zero-order valence-corrected chi connectivity index (χ0v) is 19.4. The van der Waals surface area contributed by atoms with Gasteiger partial charge in [0.2, 0.25) is 0 Å². The summed E-state index contributed by atoms with van der Waals surface area (Å²) in [6.45, 7) is 0. The van der Waals surface area contributed by atoms with E-state index in [0.29, 0.717) is 16.5 Å². The van der Waals surface area contributed by atoms with Crippen molar-refractivity contribution in [3.05, 3.63) is 143 Å². The van der Waals surface area contributed by atoms with E-state index in [-0.39, 0.29) is 10.8 Å². The van der Waals surface area contributed by atoms with E-state index in [1.54, 1.807) is 18.2 Å². The summed E-state index contributed by atoms with van der Waals surface area (Å²) in [6, 6.07) is 35.4. The lowest BCUT2D eigenvalue weighted by Gasteiger charge is -2.50. The van der Waals surface area contributed by atoms with Gasteiger partial charge in [0.1, 0.15) is 10.6 Å². The zero-order valence-electron chi connectivity index (χ0n) is 18.5. The van der Waals surface area contributed by atoms with Crippen molar-refractivity contribution in [2.24, 2.45) is 0 Å².